The van der Waals surface area contributed by atoms with Crippen LogP contribution in [0.25, 0.3) is 0 Å². The average Bonchev–Trinajstić information content (AvgIpc) is 2.52. The van der Waals surface area contributed by atoms with Gasteiger partial charge in [-0.1, -0.05) is 23.7 Å². The van der Waals surface area contributed by atoms with Crippen molar-refractivity contribution in [3.05, 3.63) is 58.6 Å². The monoisotopic (exact) mass is 332 g/mol. The summed E-state index contributed by atoms with van der Waals surface area (Å²) in [5.41, 5.74) is 1.97. The molecule has 0 spiro atoms. The van der Waals surface area contributed by atoms with Gasteiger partial charge in [0.25, 0.3) is 0 Å². The lowest BCUT2D eigenvalue weighted by atomic mass is 10.2. The largest absolute Gasteiger partial charge is 0.490 e. The maximum atomic E-state index is 5.99. The van der Waals surface area contributed by atoms with Crippen molar-refractivity contribution in [3.63, 3.8) is 0 Å². The van der Waals surface area contributed by atoms with E-state index in [0.29, 0.717) is 29.7 Å². The molecule has 0 aliphatic rings. The van der Waals surface area contributed by atoms with Crippen molar-refractivity contribution >= 4 is 17.8 Å². The molecule has 0 unspecified atom stereocenters. The highest BCUT2D eigenvalue weighted by atomic mass is 35.5. The molecule has 0 aliphatic heterocycles. The van der Waals surface area contributed by atoms with Gasteiger partial charge in [-0.3, -0.25) is 0 Å². The van der Waals surface area contributed by atoms with Crippen LogP contribution < -0.4 is 9.47 Å². The van der Waals surface area contributed by atoms with E-state index in [4.69, 9.17) is 21.1 Å². The lowest BCUT2D eigenvalue weighted by molar-refractivity contribution is 0.269. The quantitative estimate of drug-likeness (QED) is 0.562. The highest BCUT2D eigenvalue weighted by Gasteiger charge is 2.07. The summed E-state index contributed by atoms with van der Waals surface area (Å²) < 4.78 is 11.5. The zero-order valence-corrected chi connectivity index (χ0v) is 14.4. The molecule has 0 aromatic heterocycles. The summed E-state index contributed by atoms with van der Waals surface area (Å²) >= 11 is 5.99. The van der Waals surface area contributed by atoms with E-state index in [2.05, 4.69) is 5.10 Å². The summed E-state index contributed by atoms with van der Waals surface area (Å²) in [6, 6.07) is 13.4. The molecule has 122 valence electrons. The molecule has 2 aromatic carbocycles. The van der Waals surface area contributed by atoms with Gasteiger partial charge in [-0.2, -0.15) is 5.10 Å². The fourth-order valence-electron chi connectivity index (χ4n) is 1.96. The second-order valence-electron chi connectivity index (χ2n) is 5.15. The second kappa shape index (κ2) is 8.44. The Balaban J connectivity index is 2.13. The number of hydrazone groups is 1. The van der Waals surface area contributed by atoms with Gasteiger partial charge in [-0.05, 0) is 48.4 Å². The molecule has 0 fully saturated rings. The molecular weight excluding hydrogens is 312 g/mol. The molecule has 0 amide bonds. The fraction of sp³-hybridized carbons (Fsp3) is 0.278. The summed E-state index contributed by atoms with van der Waals surface area (Å²) in [6.07, 6.45) is 1.78. The Morgan fingerprint density at radius 2 is 1.91 bits per heavy atom. The van der Waals surface area contributed by atoms with Crippen molar-refractivity contribution in [2.45, 2.75) is 13.5 Å². The van der Waals surface area contributed by atoms with Gasteiger partial charge in [0, 0.05) is 19.1 Å². The van der Waals surface area contributed by atoms with E-state index in [-0.39, 0.29) is 0 Å². The smallest absolute Gasteiger partial charge is 0.161 e. The van der Waals surface area contributed by atoms with Gasteiger partial charge in [-0.25, -0.2) is 0 Å². The standard InChI is InChI=1S/C18H21ClN2O2/c1-4-22-18-11-14(12-20-21(2)3)8-9-17(18)23-13-15-6-5-7-16(19)10-15/h5-12H,4,13H2,1-3H3/b20-12+. The van der Waals surface area contributed by atoms with Crippen LogP contribution in [0.1, 0.15) is 18.1 Å². The van der Waals surface area contributed by atoms with Gasteiger partial charge in [0.05, 0.1) is 12.8 Å². The molecular formula is C18H21ClN2O2. The van der Waals surface area contributed by atoms with Crippen LogP contribution in [-0.2, 0) is 6.61 Å². The SMILES string of the molecule is CCOc1cc(/C=N/N(C)C)ccc1OCc1cccc(Cl)c1. The van der Waals surface area contributed by atoms with E-state index in [1.54, 1.807) is 11.2 Å². The van der Waals surface area contributed by atoms with Crippen LogP contribution in [0.5, 0.6) is 11.5 Å². The molecule has 0 N–H and O–H groups in total. The summed E-state index contributed by atoms with van der Waals surface area (Å²) in [7, 11) is 3.75. The molecule has 0 radical (unpaired) electrons. The molecule has 0 saturated heterocycles. The Morgan fingerprint density at radius 3 is 2.61 bits per heavy atom. The van der Waals surface area contributed by atoms with Gasteiger partial charge in [0.15, 0.2) is 11.5 Å². The molecule has 23 heavy (non-hydrogen) atoms. The van der Waals surface area contributed by atoms with Gasteiger partial charge >= 0.3 is 0 Å². The number of benzene rings is 2. The highest BCUT2D eigenvalue weighted by Crippen LogP contribution is 2.29. The van der Waals surface area contributed by atoms with Gasteiger partial charge in [-0.15, -0.1) is 0 Å². The Kier molecular flexibility index (Phi) is 6.29. The maximum absolute atomic E-state index is 5.99. The first kappa shape index (κ1) is 17.2. The first-order valence-electron chi connectivity index (χ1n) is 7.44. The normalized spacial score (nSPS) is 10.8. The average molecular weight is 333 g/mol. The van der Waals surface area contributed by atoms with Crippen LogP contribution in [-0.4, -0.2) is 31.9 Å². The summed E-state index contributed by atoms with van der Waals surface area (Å²) in [5.74, 6) is 1.41. The third-order valence-electron chi connectivity index (χ3n) is 2.99. The summed E-state index contributed by atoms with van der Waals surface area (Å²) in [5, 5.41) is 6.67. The predicted molar refractivity (Wildman–Crippen MR) is 94.7 cm³/mol. The third kappa shape index (κ3) is 5.49. The zero-order chi connectivity index (χ0) is 16.7. The Morgan fingerprint density at radius 1 is 1.09 bits per heavy atom. The van der Waals surface area contributed by atoms with E-state index >= 15 is 0 Å². The fourth-order valence-corrected chi connectivity index (χ4v) is 2.18. The van der Waals surface area contributed by atoms with Crippen molar-refractivity contribution in [2.75, 3.05) is 20.7 Å². The molecule has 0 heterocycles. The molecule has 2 rings (SSSR count). The molecule has 2 aromatic rings. The van der Waals surface area contributed by atoms with Crippen LogP contribution >= 0.6 is 11.6 Å². The highest BCUT2D eigenvalue weighted by molar-refractivity contribution is 6.30. The lowest BCUT2D eigenvalue weighted by Crippen LogP contribution is -2.03. The Labute approximate surface area is 142 Å². The molecule has 0 aliphatic carbocycles. The minimum Gasteiger partial charge on any atom is -0.490 e. The second-order valence-corrected chi connectivity index (χ2v) is 5.59. The minimum absolute atomic E-state index is 0.436. The van der Waals surface area contributed by atoms with Crippen molar-refractivity contribution in [3.8, 4) is 11.5 Å². The molecule has 0 atom stereocenters. The van der Waals surface area contributed by atoms with Crippen molar-refractivity contribution in [2.24, 2.45) is 5.10 Å². The Bertz CT molecular complexity index is 672. The number of hydrogen-bond acceptors (Lipinski definition) is 4. The van der Waals surface area contributed by atoms with Crippen molar-refractivity contribution < 1.29 is 9.47 Å². The molecule has 4 nitrogen and oxygen atoms in total. The number of halogens is 1. The van der Waals surface area contributed by atoms with E-state index in [9.17, 15) is 0 Å². The molecule has 0 saturated carbocycles. The van der Waals surface area contributed by atoms with E-state index in [1.165, 1.54) is 0 Å². The molecule has 5 heteroatoms. The van der Waals surface area contributed by atoms with Crippen LogP contribution in [0.3, 0.4) is 0 Å². The number of rotatable bonds is 7. The minimum atomic E-state index is 0.436. The van der Waals surface area contributed by atoms with E-state index in [1.807, 2.05) is 63.5 Å². The van der Waals surface area contributed by atoms with Crippen LogP contribution in [0.15, 0.2) is 47.6 Å². The number of hydrogen-bond donors (Lipinski definition) is 0. The zero-order valence-electron chi connectivity index (χ0n) is 13.6. The van der Waals surface area contributed by atoms with Gasteiger partial charge in [0.2, 0.25) is 0 Å². The first-order chi connectivity index (χ1) is 11.1. The van der Waals surface area contributed by atoms with E-state index in [0.717, 1.165) is 11.1 Å². The van der Waals surface area contributed by atoms with Gasteiger partial charge < -0.3 is 14.5 Å². The predicted octanol–water partition coefficient (Wildman–Crippen LogP) is 4.21. The first-order valence-corrected chi connectivity index (χ1v) is 7.81. The Hall–Kier alpha value is -2.20. The van der Waals surface area contributed by atoms with Crippen LogP contribution in [0.2, 0.25) is 5.02 Å². The third-order valence-corrected chi connectivity index (χ3v) is 3.22. The van der Waals surface area contributed by atoms with Crippen molar-refractivity contribution in [1.82, 2.24) is 5.01 Å². The number of nitrogens with zero attached hydrogens (tertiary/aromatic N) is 2. The van der Waals surface area contributed by atoms with Crippen LogP contribution in [0.4, 0.5) is 0 Å². The van der Waals surface area contributed by atoms with Crippen molar-refractivity contribution in [1.29, 1.82) is 0 Å². The maximum Gasteiger partial charge on any atom is 0.161 e. The number of ether oxygens (including phenoxy) is 2. The van der Waals surface area contributed by atoms with E-state index < -0.39 is 0 Å². The lowest BCUT2D eigenvalue weighted by Gasteiger charge is -2.13. The topological polar surface area (TPSA) is 34.1 Å². The molecule has 0 bridgehead atoms. The van der Waals surface area contributed by atoms with Crippen LogP contribution in [0, 0.1) is 0 Å². The van der Waals surface area contributed by atoms with Gasteiger partial charge in [0.1, 0.15) is 6.61 Å². The summed E-state index contributed by atoms with van der Waals surface area (Å²) in [6.45, 7) is 2.95. The summed E-state index contributed by atoms with van der Waals surface area (Å²) in [4.78, 5) is 0.